The van der Waals surface area contributed by atoms with Crippen LogP contribution < -0.4 is 11.3 Å². The molecule has 0 aliphatic heterocycles. The van der Waals surface area contributed by atoms with Crippen molar-refractivity contribution in [1.82, 2.24) is 4.98 Å². The summed E-state index contributed by atoms with van der Waals surface area (Å²) < 4.78 is 0. The first-order valence-electron chi connectivity index (χ1n) is 5.85. The average molecular weight is 236 g/mol. The predicted molar refractivity (Wildman–Crippen MR) is 64.3 cm³/mol. The van der Waals surface area contributed by atoms with Gasteiger partial charge in [-0.3, -0.25) is 4.79 Å². The number of H-pyrrole nitrogens is 1. The lowest BCUT2D eigenvalue weighted by atomic mass is 9.83. The molecule has 0 amide bonds. The second kappa shape index (κ2) is 4.61. The Balaban J connectivity index is 2.46. The number of carboxylic acid groups (broad SMARTS) is 1. The number of rotatable bonds is 2. The fourth-order valence-electron chi connectivity index (χ4n) is 2.48. The smallest absolute Gasteiger partial charge is 0.352 e. The zero-order chi connectivity index (χ0) is 12.4. The van der Waals surface area contributed by atoms with Gasteiger partial charge in [-0.2, -0.15) is 0 Å². The van der Waals surface area contributed by atoms with Gasteiger partial charge in [-0.1, -0.05) is 19.3 Å². The molecule has 5 nitrogen and oxygen atoms in total. The lowest BCUT2D eigenvalue weighted by Gasteiger charge is -2.23. The van der Waals surface area contributed by atoms with Gasteiger partial charge in [-0.05, 0) is 30.4 Å². The van der Waals surface area contributed by atoms with Crippen LogP contribution >= 0.6 is 0 Å². The van der Waals surface area contributed by atoms with E-state index in [1.807, 2.05) is 0 Å². The first kappa shape index (κ1) is 11.7. The van der Waals surface area contributed by atoms with Gasteiger partial charge < -0.3 is 15.8 Å². The number of hydrogen-bond donors (Lipinski definition) is 3. The molecule has 0 bridgehead atoms. The van der Waals surface area contributed by atoms with Crippen LogP contribution in [-0.2, 0) is 0 Å². The second-order valence-corrected chi connectivity index (χ2v) is 4.52. The minimum atomic E-state index is -1.09. The maximum absolute atomic E-state index is 11.3. The van der Waals surface area contributed by atoms with Gasteiger partial charge in [0.15, 0.2) is 0 Å². The number of carboxylic acids is 1. The van der Waals surface area contributed by atoms with Gasteiger partial charge >= 0.3 is 5.97 Å². The summed E-state index contributed by atoms with van der Waals surface area (Å²) in [6.07, 6.45) is 5.32. The lowest BCUT2D eigenvalue weighted by Crippen LogP contribution is -2.21. The number of carbonyl (C=O) groups is 1. The maximum atomic E-state index is 11.3. The number of anilines is 1. The third kappa shape index (κ3) is 2.33. The SMILES string of the molecule is Nc1cc(C2CCCCC2)c(C(=O)O)[nH]c1=O. The van der Waals surface area contributed by atoms with E-state index in [9.17, 15) is 9.59 Å². The molecule has 4 N–H and O–H groups in total. The van der Waals surface area contributed by atoms with Crippen molar-refractivity contribution >= 4 is 11.7 Å². The van der Waals surface area contributed by atoms with Crippen LogP contribution in [0.4, 0.5) is 5.69 Å². The van der Waals surface area contributed by atoms with Crippen LogP contribution in [0.2, 0.25) is 0 Å². The minimum Gasteiger partial charge on any atom is -0.477 e. The third-order valence-electron chi connectivity index (χ3n) is 3.36. The Labute approximate surface area is 98.7 Å². The van der Waals surface area contributed by atoms with E-state index in [1.54, 1.807) is 0 Å². The number of pyridine rings is 1. The van der Waals surface area contributed by atoms with E-state index in [0.29, 0.717) is 5.56 Å². The molecule has 1 aromatic rings. The summed E-state index contributed by atoms with van der Waals surface area (Å²) in [5.74, 6) is -0.892. The highest BCUT2D eigenvalue weighted by Crippen LogP contribution is 2.34. The molecule has 0 spiro atoms. The highest BCUT2D eigenvalue weighted by molar-refractivity contribution is 5.87. The molecule has 0 radical (unpaired) electrons. The molecule has 2 rings (SSSR count). The summed E-state index contributed by atoms with van der Waals surface area (Å²) in [5.41, 5.74) is 5.80. The van der Waals surface area contributed by atoms with E-state index in [0.717, 1.165) is 25.7 Å². The highest BCUT2D eigenvalue weighted by Gasteiger charge is 2.22. The zero-order valence-corrected chi connectivity index (χ0v) is 9.53. The number of aromatic nitrogens is 1. The van der Waals surface area contributed by atoms with E-state index < -0.39 is 11.5 Å². The van der Waals surface area contributed by atoms with E-state index in [1.165, 1.54) is 12.5 Å². The number of nitrogens with two attached hydrogens (primary N) is 1. The molecule has 1 saturated carbocycles. The van der Waals surface area contributed by atoms with Crippen molar-refractivity contribution in [2.24, 2.45) is 0 Å². The molecule has 1 fully saturated rings. The number of aromatic carboxylic acids is 1. The van der Waals surface area contributed by atoms with Gasteiger partial charge in [-0.15, -0.1) is 0 Å². The maximum Gasteiger partial charge on any atom is 0.352 e. The van der Waals surface area contributed by atoms with Crippen LogP contribution in [-0.4, -0.2) is 16.1 Å². The number of nitrogens with one attached hydrogen (secondary N) is 1. The summed E-state index contributed by atoms with van der Waals surface area (Å²) in [5, 5.41) is 9.10. The van der Waals surface area contributed by atoms with Crippen molar-refractivity contribution in [3.05, 3.63) is 27.7 Å². The van der Waals surface area contributed by atoms with Crippen molar-refractivity contribution in [2.45, 2.75) is 38.0 Å². The van der Waals surface area contributed by atoms with Crippen molar-refractivity contribution < 1.29 is 9.90 Å². The van der Waals surface area contributed by atoms with Crippen molar-refractivity contribution in [1.29, 1.82) is 0 Å². The summed E-state index contributed by atoms with van der Waals surface area (Å²) in [6.45, 7) is 0. The Morgan fingerprint density at radius 2 is 2.00 bits per heavy atom. The molecule has 0 saturated heterocycles. The van der Waals surface area contributed by atoms with Crippen molar-refractivity contribution in [3.8, 4) is 0 Å². The molecule has 0 aromatic carbocycles. The monoisotopic (exact) mass is 236 g/mol. The van der Waals surface area contributed by atoms with E-state index in [2.05, 4.69) is 4.98 Å². The van der Waals surface area contributed by atoms with Crippen LogP contribution in [0.3, 0.4) is 0 Å². The first-order chi connectivity index (χ1) is 8.09. The number of nitrogen functional groups attached to an aromatic ring is 1. The van der Waals surface area contributed by atoms with Gasteiger partial charge in [-0.25, -0.2) is 4.79 Å². The van der Waals surface area contributed by atoms with E-state index >= 15 is 0 Å². The van der Waals surface area contributed by atoms with Crippen LogP contribution in [0.1, 0.15) is 54.1 Å². The average Bonchev–Trinajstić information content (AvgIpc) is 2.33. The zero-order valence-electron chi connectivity index (χ0n) is 9.53. The number of aromatic amines is 1. The fourth-order valence-corrected chi connectivity index (χ4v) is 2.48. The molecule has 1 aromatic heterocycles. The van der Waals surface area contributed by atoms with E-state index in [4.69, 9.17) is 10.8 Å². The van der Waals surface area contributed by atoms with Crippen LogP contribution in [0.25, 0.3) is 0 Å². The third-order valence-corrected chi connectivity index (χ3v) is 3.36. The predicted octanol–water partition coefficient (Wildman–Crippen LogP) is 1.70. The molecule has 17 heavy (non-hydrogen) atoms. The summed E-state index contributed by atoms with van der Waals surface area (Å²) in [7, 11) is 0. The van der Waals surface area contributed by atoms with Gasteiger partial charge in [0.25, 0.3) is 5.56 Å². The van der Waals surface area contributed by atoms with Crippen molar-refractivity contribution in [3.63, 3.8) is 0 Å². The highest BCUT2D eigenvalue weighted by atomic mass is 16.4. The fraction of sp³-hybridized carbons (Fsp3) is 0.500. The standard InChI is InChI=1S/C12H16N2O3/c13-9-6-8(7-4-2-1-3-5-7)10(12(16)17)14-11(9)15/h6-7H,1-5,13H2,(H,14,15)(H,16,17). The Hall–Kier alpha value is -1.78. The number of hydrogen-bond acceptors (Lipinski definition) is 3. The quantitative estimate of drug-likeness (QED) is 0.728. The van der Waals surface area contributed by atoms with E-state index in [-0.39, 0.29) is 17.3 Å². The van der Waals surface area contributed by atoms with Gasteiger partial charge in [0.05, 0.1) is 5.69 Å². The Morgan fingerprint density at radius 3 is 2.59 bits per heavy atom. The molecule has 0 atom stereocenters. The molecule has 5 heteroatoms. The largest absolute Gasteiger partial charge is 0.477 e. The molecule has 1 heterocycles. The van der Waals surface area contributed by atoms with Crippen LogP contribution in [0, 0.1) is 0 Å². The topological polar surface area (TPSA) is 96.2 Å². The first-order valence-corrected chi connectivity index (χ1v) is 5.85. The summed E-state index contributed by atoms with van der Waals surface area (Å²) in [6, 6.07) is 1.53. The molecule has 1 aliphatic rings. The minimum absolute atomic E-state index is 0.00361. The normalized spacial score (nSPS) is 16.9. The lowest BCUT2D eigenvalue weighted by molar-refractivity contribution is 0.0688. The van der Waals surface area contributed by atoms with Gasteiger partial charge in [0.2, 0.25) is 0 Å². The molecular formula is C12H16N2O3. The van der Waals surface area contributed by atoms with Gasteiger partial charge in [0, 0.05) is 0 Å². The van der Waals surface area contributed by atoms with Crippen molar-refractivity contribution in [2.75, 3.05) is 5.73 Å². The summed E-state index contributed by atoms with van der Waals surface area (Å²) in [4.78, 5) is 24.8. The Morgan fingerprint density at radius 1 is 1.35 bits per heavy atom. The molecule has 92 valence electrons. The summed E-state index contributed by atoms with van der Waals surface area (Å²) >= 11 is 0. The molecule has 0 unspecified atom stereocenters. The van der Waals surface area contributed by atoms with Gasteiger partial charge in [0.1, 0.15) is 5.69 Å². The Bertz CT molecular complexity index is 487. The van der Waals surface area contributed by atoms with Crippen LogP contribution in [0.5, 0.6) is 0 Å². The second-order valence-electron chi connectivity index (χ2n) is 4.52. The molecular weight excluding hydrogens is 220 g/mol. The molecule has 1 aliphatic carbocycles. The van der Waals surface area contributed by atoms with Crippen LogP contribution in [0.15, 0.2) is 10.9 Å². The Kier molecular flexibility index (Phi) is 3.17.